The third-order valence-electron chi connectivity index (χ3n) is 5.11. The third kappa shape index (κ3) is 2.65. The van der Waals surface area contributed by atoms with Crippen LogP contribution in [0.15, 0.2) is 91.0 Å². The zero-order valence-corrected chi connectivity index (χ0v) is 15.3. The van der Waals surface area contributed by atoms with Crippen LogP contribution in [0.1, 0.15) is 6.42 Å². The van der Waals surface area contributed by atoms with Gasteiger partial charge in [-0.05, 0) is 36.4 Å². The Balaban J connectivity index is 2.06. The molecule has 1 saturated heterocycles. The van der Waals surface area contributed by atoms with E-state index in [1.165, 1.54) is 15.9 Å². The van der Waals surface area contributed by atoms with Gasteiger partial charge in [-0.3, -0.25) is 10.0 Å². The Labute approximate surface area is 154 Å². The summed E-state index contributed by atoms with van der Waals surface area (Å²) in [6.07, 6.45) is 0.655. The van der Waals surface area contributed by atoms with Crippen LogP contribution in [-0.4, -0.2) is 28.4 Å². The van der Waals surface area contributed by atoms with E-state index in [1.54, 1.807) is 0 Å². The summed E-state index contributed by atoms with van der Waals surface area (Å²) >= 11 is 0. The van der Waals surface area contributed by atoms with Gasteiger partial charge in [0.15, 0.2) is 5.66 Å². The minimum absolute atomic E-state index is 0.171. The minimum atomic E-state index is -2.25. The van der Waals surface area contributed by atoms with Crippen LogP contribution in [0, 0.1) is 0 Å². The number of carbonyl (C=O) groups is 1. The van der Waals surface area contributed by atoms with Gasteiger partial charge in [-0.1, -0.05) is 54.6 Å². The predicted molar refractivity (Wildman–Crippen MR) is 107 cm³/mol. The molecule has 1 aliphatic heterocycles. The smallest absolute Gasteiger partial charge is 0.286 e. The van der Waals surface area contributed by atoms with Crippen molar-refractivity contribution < 1.29 is 10.0 Å². The van der Waals surface area contributed by atoms with Gasteiger partial charge in [-0.25, -0.2) is 5.06 Å². The topological polar surface area (TPSA) is 40.5 Å². The highest BCUT2D eigenvalue weighted by molar-refractivity contribution is 7.96. The van der Waals surface area contributed by atoms with Crippen molar-refractivity contribution >= 4 is 29.1 Å². The molecule has 1 aliphatic rings. The zero-order valence-electron chi connectivity index (χ0n) is 14.4. The zero-order chi connectivity index (χ0) is 18.0. The molecule has 1 amide bonds. The second kappa shape index (κ2) is 7.03. The fourth-order valence-electron chi connectivity index (χ4n) is 3.99. The highest BCUT2D eigenvalue weighted by atomic mass is 31.2. The SMILES string of the molecule is O=C1C([P+](c2ccccc2)(c2ccccc2)c2ccccc2)CCN1O. The Kier molecular flexibility index (Phi) is 4.58. The number of rotatable bonds is 4. The Morgan fingerprint density at radius 2 is 1.12 bits per heavy atom. The fourth-order valence-corrected chi connectivity index (χ4v) is 8.85. The summed E-state index contributed by atoms with van der Waals surface area (Å²) in [7, 11) is -2.25. The average molecular weight is 362 g/mol. The highest BCUT2D eigenvalue weighted by Gasteiger charge is 2.58. The maximum Gasteiger partial charge on any atom is 0.287 e. The number of hydrogen-bond donors (Lipinski definition) is 1. The second-order valence-corrected chi connectivity index (χ2v) is 10.1. The second-order valence-electron chi connectivity index (χ2n) is 6.50. The molecule has 1 fully saturated rings. The molecule has 0 bridgehead atoms. The molecule has 0 aliphatic carbocycles. The molecule has 1 N–H and O–H groups in total. The fraction of sp³-hybridized carbons (Fsp3) is 0.136. The first kappa shape index (κ1) is 17.0. The van der Waals surface area contributed by atoms with Crippen molar-refractivity contribution in [3.8, 4) is 0 Å². The van der Waals surface area contributed by atoms with Gasteiger partial charge < -0.3 is 0 Å². The van der Waals surface area contributed by atoms with Gasteiger partial charge in [-0.15, -0.1) is 0 Å². The molecule has 130 valence electrons. The molecule has 0 saturated carbocycles. The summed E-state index contributed by atoms with van der Waals surface area (Å²) in [4.78, 5) is 13.0. The average Bonchev–Trinajstić information content (AvgIpc) is 3.04. The van der Waals surface area contributed by atoms with Crippen molar-refractivity contribution in [2.75, 3.05) is 6.54 Å². The first-order valence-electron chi connectivity index (χ1n) is 8.80. The van der Waals surface area contributed by atoms with Gasteiger partial charge in [0.1, 0.15) is 23.2 Å². The van der Waals surface area contributed by atoms with Gasteiger partial charge in [-0.2, -0.15) is 0 Å². The molecule has 1 atom stereocenters. The molecule has 1 heterocycles. The highest BCUT2D eigenvalue weighted by Crippen LogP contribution is 2.62. The molecule has 3 nitrogen and oxygen atoms in total. The lowest BCUT2D eigenvalue weighted by Gasteiger charge is -2.31. The number of nitrogens with zero attached hydrogens (tertiary/aromatic N) is 1. The quantitative estimate of drug-likeness (QED) is 0.573. The Morgan fingerprint density at radius 3 is 1.42 bits per heavy atom. The molecule has 3 aromatic carbocycles. The number of carbonyl (C=O) groups excluding carboxylic acids is 1. The summed E-state index contributed by atoms with van der Waals surface area (Å²) in [5.41, 5.74) is -0.250. The van der Waals surface area contributed by atoms with E-state index in [2.05, 4.69) is 36.4 Å². The van der Waals surface area contributed by atoms with Crippen molar-refractivity contribution in [2.24, 2.45) is 0 Å². The largest absolute Gasteiger partial charge is 0.287 e. The summed E-state index contributed by atoms with van der Waals surface area (Å²) in [5.74, 6) is -0.171. The van der Waals surface area contributed by atoms with Crippen LogP contribution < -0.4 is 15.9 Å². The van der Waals surface area contributed by atoms with Crippen molar-refractivity contribution in [1.29, 1.82) is 0 Å². The van der Waals surface area contributed by atoms with E-state index in [0.29, 0.717) is 13.0 Å². The maximum atomic E-state index is 13.0. The summed E-state index contributed by atoms with van der Waals surface area (Å²) in [6, 6.07) is 31.0. The number of hydroxylamine groups is 2. The van der Waals surface area contributed by atoms with Gasteiger partial charge in [0.25, 0.3) is 5.91 Å². The lowest BCUT2D eigenvalue weighted by Crippen LogP contribution is -2.42. The van der Waals surface area contributed by atoms with Crippen LogP contribution >= 0.6 is 7.26 Å². The first-order chi connectivity index (χ1) is 12.7. The van der Waals surface area contributed by atoms with Crippen LogP contribution in [0.25, 0.3) is 0 Å². The van der Waals surface area contributed by atoms with Gasteiger partial charge in [0, 0.05) is 6.42 Å². The monoisotopic (exact) mass is 362 g/mol. The molecular weight excluding hydrogens is 341 g/mol. The number of hydrogen-bond acceptors (Lipinski definition) is 2. The van der Waals surface area contributed by atoms with E-state index >= 15 is 0 Å². The molecular formula is C22H21NO2P+. The Morgan fingerprint density at radius 1 is 0.731 bits per heavy atom. The van der Waals surface area contributed by atoms with Crippen LogP contribution in [0.4, 0.5) is 0 Å². The van der Waals surface area contributed by atoms with E-state index < -0.39 is 7.26 Å². The number of amides is 1. The van der Waals surface area contributed by atoms with E-state index in [4.69, 9.17) is 0 Å². The molecule has 4 heteroatoms. The third-order valence-corrected chi connectivity index (χ3v) is 9.86. The van der Waals surface area contributed by atoms with Crippen LogP contribution in [0.3, 0.4) is 0 Å². The lowest BCUT2D eigenvalue weighted by atomic mass is 10.3. The standard InChI is InChI=1S/C22H21NO2P/c24-22-21(16-17-23(22)25)26(18-10-4-1-5-11-18,19-12-6-2-7-13-19)20-14-8-3-9-15-20/h1-15,21,25H,16-17H2/q+1. The van der Waals surface area contributed by atoms with Crippen LogP contribution in [0.5, 0.6) is 0 Å². The minimum Gasteiger partial charge on any atom is -0.286 e. The van der Waals surface area contributed by atoms with Crippen molar-refractivity contribution in [3.05, 3.63) is 91.0 Å². The number of benzene rings is 3. The first-order valence-corrected chi connectivity index (χ1v) is 10.7. The summed E-state index contributed by atoms with van der Waals surface area (Å²) in [6.45, 7) is 0.387. The van der Waals surface area contributed by atoms with Gasteiger partial charge in [0.05, 0.1) is 6.54 Å². The molecule has 1 unspecified atom stereocenters. The molecule has 0 spiro atoms. The van der Waals surface area contributed by atoms with Crippen LogP contribution in [0.2, 0.25) is 0 Å². The van der Waals surface area contributed by atoms with Crippen LogP contribution in [-0.2, 0) is 4.79 Å². The Hall–Kier alpha value is -2.48. The van der Waals surface area contributed by atoms with Crippen molar-refractivity contribution in [1.82, 2.24) is 5.06 Å². The normalized spacial score (nSPS) is 17.5. The van der Waals surface area contributed by atoms with Gasteiger partial charge >= 0.3 is 0 Å². The van der Waals surface area contributed by atoms with Crippen molar-refractivity contribution in [3.63, 3.8) is 0 Å². The summed E-state index contributed by atoms with van der Waals surface area (Å²) in [5, 5.41) is 14.5. The van der Waals surface area contributed by atoms with E-state index in [-0.39, 0.29) is 11.6 Å². The Bertz CT molecular complexity index is 787. The summed E-state index contributed by atoms with van der Waals surface area (Å²) < 4.78 is 0. The molecule has 26 heavy (non-hydrogen) atoms. The molecule has 0 radical (unpaired) electrons. The van der Waals surface area contributed by atoms with Crippen molar-refractivity contribution in [2.45, 2.75) is 12.1 Å². The maximum absolute atomic E-state index is 13.0. The molecule has 4 rings (SSSR count). The predicted octanol–water partition coefficient (Wildman–Crippen LogP) is 2.97. The van der Waals surface area contributed by atoms with E-state index in [0.717, 1.165) is 5.06 Å². The van der Waals surface area contributed by atoms with E-state index in [1.807, 2.05) is 54.6 Å². The van der Waals surface area contributed by atoms with E-state index in [9.17, 15) is 10.0 Å². The molecule has 3 aromatic rings. The van der Waals surface area contributed by atoms with Gasteiger partial charge in [0.2, 0.25) is 0 Å². The molecule has 0 aromatic heterocycles. The lowest BCUT2D eigenvalue weighted by molar-refractivity contribution is -0.156.